The zero-order valence-corrected chi connectivity index (χ0v) is 8.03. The predicted octanol–water partition coefficient (Wildman–Crippen LogP) is 3.58. The lowest BCUT2D eigenvalue weighted by Crippen LogP contribution is -1.76. The van der Waals surface area contributed by atoms with Crippen molar-refractivity contribution in [2.45, 2.75) is 0 Å². The molecule has 3 rings (SSSR count). The van der Waals surface area contributed by atoms with E-state index >= 15 is 0 Å². The van der Waals surface area contributed by atoms with Crippen molar-refractivity contribution >= 4 is 28.2 Å². The van der Waals surface area contributed by atoms with Crippen molar-refractivity contribution in [2.24, 2.45) is 0 Å². The number of hydrogen-bond acceptors (Lipinski definition) is 2. The molecule has 15 heavy (non-hydrogen) atoms. The van der Waals surface area contributed by atoms with E-state index in [4.69, 9.17) is 9.83 Å². The molecule has 0 spiro atoms. The first kappa shape index (κ1) is 8.24. The Hall–Kier alpha value is -2.09. The Labute approximate surface area is 86.6 Å². The van der Waals surface area contributed by atoms with Gasteiger partial charge in [0, 0.05) is 17.0 Å². The molecule has 0 atom stereocenters. The molecule has 0 radical (unpaired) electrons. The predicted molar refractivity (Wildman–Crippen MR) is 61.6 cm³/mol. The number of rotatable bonds is 1. The summed E-state index contributed by atoms with van der Waals surface area (Å²) in [7, 11) is 0. The van der Waals surface area contributed by atoms with Crippen LogP contribution in [-0.4, -0.2) is 6.21 Å². The number of benzene rings is 2. The van der Waals surface area contributed by atoms with Crippen molar-refractivity contribution in [1.82, 2.24) is 0 Å². The molecule has 1 N–H and O–H groups in total. The molecule has 3 aromatic rings. The Morgan fingerprint density at radius 1 is 0.933 bits per heavy atom. The van der Waals surface area contributed by atoms with E-state index in [0.29, 0.717) is 0 Å². The number of nitrogens with one attached hydrogen (secondary N) is 1. The van der Waals surface area contributed by atoms with E-state index in [0.717, 1.165) is 27.5 Å². The quantitative estimate of drug-likeness (QED) is 0.592. The molecule has 0 amide bonds. The first-order chi connectivity index (χ1) is 7.38. The number of para-hydroxylation sites is 1. The average molecular weight is 195 g/mol. The van der Waals surface area contributed by atoms with Crippen LogP contribution in [0, 0.1) is 5.41 Å². The van der Waals surface area contributed by atoms with Crippen molar-refractivity contribution in [3.63, 3.8) is 0 Å². The zero-order chi connectivity index (χ0) is 10.3. The second-order valence-corrected chi connectivity index (χ2v) is 3.50. The molecule has 0 saturated carbocycles. The SMILES string of the molecule is N=Cc1ccc2oc3ccccc3c2c1. The highest BCUT2D eigenvalue weighted by Crippen LogP contribution is 2.28. The van der Waals surface area contributed by atoms with Crippen LogP contribution in [0.5, 0.6) is 0 Å². The van der Waals surface area contributed by atoms with Crippen LogP contribution in [0.15, 0.2) is 46.9 Å². The minimum atomic E-state index is 0.877. The highest BCUT2D eigenvalue weighted by atomic mass is 16.3. The summed E-state index contributed by atoms with van der Waals surface area (Å²) in [6.45, 7) is 0. The fourth-order valence-electron chi connectivity index (χ4n) is 1.83. The fraction of sp³-hybridized carbons (Fsp3) is 0. The second-order valence-electron chi connectivity index (χ2n) is 3.50. The lowest BCUT2D eigenvalue weighted by atomic mass is 10.1. The molecule has 0 saturated heterocycles. The molecule has 1 aromatic heterocycles. The largest absolute Gasteiger partial charge is 0.456 e. The van der Waals surface area contributed by atoms with E-state index in [1.165, 1.54) is 6.21 Å². The van der Waals surface area contributed by atoms with Crippen LogP contribution < -0.4 is 0 Å². The third kappa shape index (κ3) is 1.15. The molecule has 0 aliphatic rings. The van der Waals surface area contributed by atoms with Crippen LogP contribution in [0.1, 0.15) is 5.56 Å². The van der Waals surface area contributed by atoms with Crippen LogP contribution in [-0.2, 0) is 0 Å². The summed E-state index contributed by atoms with van der Waals surface area (Å²) in [4.78, 5) is 0. The molecule has 2 aromatic carbocycles. The Morgan fingerprint density at radius 2 is 1.73 bits per heavy atom. The van der Waals surface area contributed by atoms with Gasteiger partial charge in [0.2, 0.25) is 0 Å². The third-order valence-corrected chi connectivity index (χ3v) is 2.57. The molecule has 1 heterocycles. The van der Waals surface area contributed by atoms with Crippen molar-refractivity contribution < 1.29 is 4.42 Å². The summed E-state index contributed by atoms with van der Waals surface area (Å²) < 4.78 is 5.68. The normalized spacial score (nSPS) is 10.9. The molecule has 2 heteroatoms. The van der Waals surface area contributed by atoms with Gasteiger partial charge in [-0.15, -0.1) is 0 Å². The first-order valence-corrected chi connectivity index (χ1v) is 4.80. The van der Waals surface area contributed by atoms with E-state index in [1.54, 1.807) is 0 Å². The smallest absolute Gasteiger partial charge is 0.135 e. The van der Waals surface area contributed by atoms with Crippen LogP contribution in [0.2, 0.25) is 0 Å². The maximum Gasteiger partial charge on any atom is 0.135 e. The summed E-state index contributed by atoms with van der Waals surface area (Å²) in [6.07, 6.45) is 1.35. The van der Waals surface area contributed by atoms with Crippen LogP contribution in [0.4, 0.5) is 0 Å². The average Bonchev–Trinajstić information content (AvgIpc) is 2.66. The first-order valence-electron chi connectivity index (χ1n) is 4.80. The number of hydrogen-bond donors (Lipinski definition) is 1. The van der Waals surface area contributed by atoms with E-state index < -0.39 is 0 Å². The molecule has 72 valence electrons. The van der Waals surface area contributed by atoms with Crippen molar-refractivity contribution in [2.75, 3.05) is 0 Å². The maximum atomic E-state index is 7.22. The summed E-state index contributed by atoms with van der Waals surface area (Å²) in [5.74, 6) is 0. The standard InChI is InChI=1S/C13H9NO/c14-8-9-5-6-13-11(7-9)10-3-1-2-4-12(10)15-13/h1-8,14H. The molecule has 0 aliphatic carbocycles. The van der Waals surface area contributed by atoms with E-state index in [2.05, 4.69) is 0 Å². The minimum absolute atomic E-state index is 0.877. The van der Waals surface area contributed by atoms with Gasteiger partial charge >= 0.3 is 0 Å². The van der Waals surface area contributed by atoms with Crippen molar-refractivity contribution in [3.05, 3.63) is 48.0 Å². The number of furan rings is 1. The van der Waals surface area contributed by atoms with Crippen LogP contribution in [0.25, 0.3) is 21.9 Å². The zero-order valence-electron chi connectivity index (χ0n) is 8.03. The molecule has 2 nitrogen and oxygen atoms in total. The summed E-state index contributed by atoms with van der Waals surface area (Å²) in [5, 5.41) is 9.41. The van der Waals surface area contributed by atoms with Gasteiger partial charge < -0.3 is 9.83 Å². The Balaban J connectivity index is 2.51. The van der Waals surface area contributed by atoms with E-state index in [1.807, 2.05) is 42.5 Å². The molecule has 0 fully saturated rings. The van der Waals surface area contributed by atoms with E-state index in [-0.39, 0.29) is 0 Å². The van der Waals surface area contributed by atoms with Gasteiger partial charge in [0.1, 0.15) is 11.2 Å². The van der Waals surface area contributed by atoms with Crippen LogP contribution >= 0.6 is 0 Å². The summed E-state index contributed by atoms with van der Waals surface area (Å²) in [5.41, 5.74) is 2.67. The molecule has 0 bridgehead atoms. The van der Waals surface area contributed by atoms with Crippen molar-refractivity contribution in [1.29, 1.82) is 5.41 Å². The van der Waals surface area contributed by atoms with E-state index in [9.17, 15) is 0 Å². The Morgan fingerprint density at radius 3 is 2.60 bits per heavy atom. The molecular weight excluding hydrogens is 186 g/mol. The fourth-order valence-corrected chi connectivity index (χ4v) is 1.83. The minimum Gasteiger partial charge on any atom is -0.456 e. The Bertz CT molecular complexity index is 652. The number of fused-ring (bicyclic) bond motifs is 3. The van der Waals surface area contributed by atoms with Gasteiger partial charge in [-0.2, -0.15) is 0 Å². The van der Waals surface area contributed by atoms with Gasteiger partial charge in [-0.1, -0.05) is 18.2 Å². The second kappa shape index (κ2) is 2.95. The third-order valence-electron chi connectivity index (χ3n) is 2.57. The highest BCUT2D eigenvalue weighted by Gasteiger charge is 2.05. The lowest BCUT2D eigenvalue weighted by molar-refractivity contribution is 0.669. The summed E-state index contributed by atoms with van der Waals surface area (Å²) >= 11 is 0. The van der Waals surface area contributed by atoms with Gasteiger partial charge in [-0.05, 0) is 29.8 Å². The topological polar surface area (TPSA) is 37.0 Å². The monoisotopic (exact) mass is 195 g/mol. The van der Waals surface area contributed by atoms with Gasteiger partial charge in [0.15, 0.2) is 0 Å². The van der Waals surface area contributed by atoms with Gasteiger partial charge in [0.05, 0.1) is 0 Å². The highest BCUT2D eigenvalue weighted by molar-refractivity contribution is 6.06. The summed E-state index contributed by atoms with van der Waals surface area (Å²) in [6, 6.07) is 13.7. The lowest BCUT2D eigenvalue weighted by Gasteiger charge is -1.91. The van der Waals surface area contributed by atoms with Gasteiger partial charge in [-0.25, -0.2) is 0 Å². The molecule has 0 unspecified atom stereocenters. The van der Waals surface area contributed by atoms with Gasteiger partial charge in [-0.3, -0.25) is 0 Å². The molecule has 0 aliphatic heterocycles. The van der Waals surface area contributed by atoms with Gasteiger partial charge in [0.25, 0.3) is 0 Å². The maximum absolute atomic E-state index is 7.22. The Kier molecular flexibility index (Phi) is 1.62. The van der Waals surface area contributed by atoms with Crippen LogP contribution in [0.3, 0.4) is 0 Å². The van der Waals surface area contributed by atoms with Crippen molar-refractivity contribution in [3.8, 4) is 0 Å². The molecular formula is C13H9NO.